The number of halogens is 2. The Labute approximate surface area is 258 Å². The molecule has 4 aromatic rings. The van der Waals surface area contributed by atoms with Crippen molar-refractivity contribution in [2.75, 3.05) is 14.2 Å². The Hall–Kier alpha value is -4.84. The second kappa shape index (κ2) is 12.6. The molecule has 0 bridgehead atoms. The summed E-state index contributed by atoms with van der Waals surface area (Å²) in [6.45, 7) is 2.39. The number of benzene rings is 4. The number of hydrogen-bond donors (Lipinski definition) is 1. The summed E-state index contributed by atoms with van der Waals surface area (Å²) in [7, 11) is 2.98. The Morgan fingerprint density at radius 1 is 0.953 bits per heavy atom. The van der Waals surface area contributed by atoms with Gasteiger partial charge in [-0.2, -0.15) is 5.26 Å². The second-order valence-corrected chi connectivity index (χ2v) is 10.5. The van der Waals surface area contributed by atoms with Crippen LogP contribution in [0, 0.1) is 18.3 Å². The van der Waals surface area contributed by atoms with E-state index in [1.54, 1.807) is 31.4 Å². The molecule has 43 heavy (non-hydrogen) atoms. The van der Waals surface area contributed by atoms with Gasteiger partial charge in [-0.1, -0.05) is 65.2 Å². The van der Waals surface area contributed by atoms with Gasteiger partial charge < -0.3 is 29.4 Å². The summed E-state index contributed by atoms with van der Waals surface area (Å²) in [5, 5.41) is 10.3. The summed E-state index contributed by atoms with van der Waals surface area (Å²) >= 11 is 12.4. The average molecular weight is 617 g/mol. The lowest BCUT2D eigenvalue weighted by atomic mass is 9.83. The van der Waals surface area contributed by atoms with Crippen molar-refractivity contribution in [1.29, 1.82) is 5.26 Å². The standard InChI is InChI=1S/C33H26Cl2N2O6/c1-18-4-6-19(7-5-18)17-41-27-11-8-20(14-29(27)39-2)30-23-10-9-22(15-28(23)43-32(37)24(30)16-36)42-33(38)21-12-25(34)31(40-3)26(35)13-21/h4-15,30H,17,37H2,1-3H3. The van der Waals surface area contributed by atoms with E-state index in [1.807, 2.05) is 37.3 Å². The van der Waals surface area contributed by atoms with Crippen LogP contribution < -0.4 is 29.4 Å². The molecular formula is C33H26Cl2N2O6. The van der Waals surface area contributed by atoms with E-state index in [-0.39, 0.29) is 38.6 Å². The Morgan fingerprint density at radius 3 is 2.33 bits per heavy atom. The summed E-state index contributed by atoms with van der Waals surface area (Å²) in [6.07, 6.45) is 0. The highest BCUT2D eigenvalue weighted by molar-refractivity contribution is 6.37. The van der Waals surface area contributed by atoms with E-state index in [0.717, 1.165) is 11.1 Å². The minimum atomic E-state index is -0.689. The largest absolute Gasteiger partial charge is 0.494 e. The normalized spacial score (nSPS) is 13.8. The second-order valence-electron chi connectivity index (χ2n) is 9.67. The predicted molar refractivity (Wildman–Crippen MR) is 162 cm³/mol. The van der Waals surface area contributed by atoms with Crippen LogP contribution in [0.15, 0.2) is 84.3 Å². The molecule has 218 valence electrons. The number of rotatable bonds is 8. The van der Waals surface area contributed by atoms with Crippen LogP contribution in [-0.4, -0.2) is 20.2 Å². The van der Waals surface area contributed by atoms with Crippen molar-refractivity contribution in [2.24, 2.45) is 5.73 Å². The first kappa shape index (κ1) is 29.6. The fourth-order valence-electron chi connectivity index (χ4n) is 4.71. The van der Waals surface area contributed by atoms with Gasteiger partial charge >= 0.3 is 5.97 Å². The SMILES string of the molecule is COc1cc(C2C(C#N)=C(N)Oc3cc(OC(=O)c4cc(Cl)c(OC)c(Cl)c4)ccc32)ccc1OCc1ccc(C)cc1. The van der Waals surface area contributed by atoms with Crippen LogP contribution in [0.3, 0.4) is 0 Å². The number of carbonyl (C=O) groups excluding carboxylic acids is 1. The van der Waals surface area contributed by atoms with Crippen LogP contribution in [0.25, 0.3) is 0 Å². The molecule has 0 amide bonds. The van der Waals surface area contributed by atoms with Gasteiger partial charge in [0.25, 0.3) is 0 Å². The molecular weight excluding hydrogens is 591 g/mol. The highest BCUT2D eigenvalue weighted by atomic mass is 35.5. The number of nitrogens with two attached hydrogens (primary N) is 1. The smallest absolute Gasteiger partial charge is 0.343 e. The number of methoxy groups -OCH3 is 2. The van der Waals surface area contributed by atoms with Crippen LogP contribution >= 0.6 is 23.2 Å². The number of esters is 1. The fourth-order valence-corrected chi connectivity index (χ4v) is 5.35. The third-order valence-corrected chi connectivity index (χ3v) is 7.44. The monoisotopic (exact) mass is 616 g/mol. The van der Waals surface area contributed by atoms with Crippen molar-refractivity contribution in [3.8, 4) is 34.8 Å². The molecule has 0 saturated heterocycles. The number of nitrogens with zero attached hydrogens (tertiary/aromatic N) is 1. The van der Waals surface area contributed by atoms with Gasteiger partial charge in [0.2, 0.25) is 5.88 Å². The molecule has 1 heterocycles. The number of carbonyl (C=O) groups is 1. The van der Waals surface area contributed by atoms with Crippen LogP contribution in [0.5, 0.6) is 28.7 Å². The maximum atomic E-state index is 12.9. The topological polar surface area (TPSA) is 113 Å². The maximum absolute atomic E-state index is 12.9. The van der Waals surface area contributed by atoms with E-state index in [9.17, 15) is 10.1 Å². The maximum Gasteiger partial charge on any atom is 0.343 e. The van der Waals surface area contributed by atoms with E-state index in [1.165, 1.54) is 30.9 Å². The van der Waals surface area contributed by atoms with E-state index in [4.69, 9.17) is 52.6 Å². The average Bonchev–Trinajstić information content (AvgIpc) is 2.99. The Morgan fingerprint density at radius 2 is 1.67 bits per heavy atom. The van der Waals surface area contributed by atoms with Crippen molar-refractivity contribution in [3.05, 3.63) is 122 Å². The van der Waals surface area contributed by atoms with Gasteiger partial charge in [-0.05, 0) is 48.4 Å². The van der Waals surface area contributed by atoms with E-state index in [2.05, 4.69) is 6.07 Å². The summed E-state index contributed by atoms with van der Waals surface area (Å²) in [5.74, 6) is 0.504. The van der Waals surface area contributed by atoms with Gasteiger partial charge in [0.15, 0.2) is 17.2 Å². The lowest BCUT2D eigenvalue weighted by molar-refractivity contribution is 0.0734. The molecule has 4 aromatic carbocycles. The molecule has 0 saturated carbocycles. The van der Waals surface area contributed by atoms with Crippen molar-refractivity contribution in [3.63, 3.8) is 0 Å². The third kappa shape index (κ3) is 6.19. The number of allylic oxidation sites excluding steroid dienone is 1. The highest BCUT2D eigenvalue weighted by Gasteiger charge is 2.32. The number of hydrogen-bond acceptors (Lipinski definition) is 8. The summed E-state index contributed by atoms with van der Waals surface area (Å²) < 4.78 is 28.2. The molecule has 0 spiro atoms. The molecule has 1 atom stereocenters. The first-order valence-electron chi connectivity index (χ1n) is 13.1. The predicted octanol–water partition coefficient (Wildman–Crippen LogP) is 7.34. The van der Waals surface area contributed by atoms with E-state index in [0.29, 0.717) is 29.4 Å². The summed E-state index contributed by atoms with van der Waals surface area (Å²) in [5.41, 5.74) is 10.1. The van der Waals surface area contributed by atoms with Gasteiger partial charge in [-0.15, -0.1) is 0 Å². The van der Waals surface area contributed by atoms with Crippen molar-refractivity contribution in [2.45, 2.75) is 19.4 Å². The van der Waals surface area contributed by atoms with Crippen molar-refractivity contribution >= 4 is 29.2 Å². The first-order chi connectivity index (χ1) is 20.7. The van der Waals surface area contributed by atoms with Crippen molar-refractivity contribution in [1.82, 2.24) is 0 Å². The molecule has 0 radical (unpaired) electrons. The van der Waals surface area contributed by atoms with Crippen LogP contribution in [0.4, 0.5) is 0 Å². The minimum absolute atomic E-state index is 0.0594. The zero-order valence-corrected chi connectivity index (χ0v) is 25.0. The van der Waals surface area contributed by atoms with Gasteiger partial charge in [-0.3, -0.25) is 0 Å². The van der Waals surface area contributed by atoms with Gasteiger partial charge in [0.1, 0.15) is 29.7 Å². The van der Waals surface area contributed by atoms with E-state index >= 15 is 0 Å². The number of ether oxygens (including phenoxy) is 5. The van der Waals surface area contributed by atoms with Crippen LogP contribution in [-0.2, 0) is 6.61 Å². The minimum Gasteiger partial charge on any atom is -0.494 e. The lowest BCUT2D eigenvalue weighted by Crippen LogP contribution is -2.21. The Bertz CT molecular complexity index is 1760. The number of nitriles is 1. The zero-order chi connectivity index (χ0) is 30.7. The van der Waals surface area contributed by atoms with Gasteiger partial charge in [0.05, 0.1) is 35.7 Å². The lowest BCUT2D eigenvalue weighted by Gasteiger charge is -2.27. The number of fused-ring (bicyclic) bond motifs is 1. The van der Waals surface area contributed by atoms with Crippen LogP contribution in [0.2, 0.25) is 10.0 Å². The quantitative estimate of drug-likeness (QED) is 0.162. The first-order valence-corrected chi connectivity index (χ1v) is 13.8. The van der Waals surface area contributed by atoms with Crippen molar-refractivity contribution < 1.29 is 28.5 Å². The van der Waals surface area contributed by atoms with E-state index < -0.39 is 11.9 Å². The molecule has 1 unspecified atom stereocenters. The molecule has 0 aromatic heterocycles. The molecule has 2 N–H and O–H groups in total. The molecule has 1 aliphatic rings. The Kier molecular flexibility index (Phi) is 8.67. The molecule has 0 aliphatic carbocycles. The molecule has 1 aliphatic heterocycles. The zero-order valence-electron chi connectivity index (χ0n) is 23.4. The third-order valence-electron chi connectivity index (χ3n) is 6.88. The molecule has 8 nitrogen and oxygen atoms in total. The number of aryl methyl sites for hydroxylation is 1. The van der Waals surface area contributed by atoms with Gasteiger partial charge in [0, 0.05) is 11.6 Å². The Balaban J connectivity index is 1.42. The molecule has 10 heteroatoms. The fraction of sp³-hybridized carbons (Fsp3) is 0.152. The summed E-state index contributed by atoms with van der Waals surface area (Å²) in [4.78, 5) is 12.9. The molecule has 5 rings (SSSR count). The molecule has 0 fully saturated rings. The highest BCUT2D eigenvalue weighted by Crippen LogP contribution is 2.45. The summed E-state index contributed by atoms with van der Waals surface area (Å²) in [6, 6.07) is 23.4. The van der Waals surface area contributed by atoms with Crippen LogP contribution in [0.1, 0.15) is 38.5 Å². The van der Waals surface area contributed by atoms with Gasteiger partial charge in [-0.25, -0.2) is 4.79 Å².